The zero-order valence-electron chi connectivity index (χ0n) is 16.2. The number of nitrogens with zero attached hydrogens (tertiary/aromatic N) is 3. The molecule has 4 rings (SSSR count). The highest BCUT2D eigenvalue weighted by Gasteiger charge is 2.24. The standard InChI is InChI=1S/C20H20N4O4S/c1-4-13-8-9-16(27-3)18(10-13)29(25,26)23-20-19-15(14-11-21-24(2)12-14)6-5-7-17(19)28-22-20/h5-12H,4H2,1-3H3,(H,22,23). The monoisotopic (exact) mass is 412 g/mol. The van der Waals surface area contributed by atoms with Crippen LogP contribution in [0.2, 0.25) is 0 Å². The molecular formula is C20H20N4O4S. The summed E-state index contributed by atoms with van der Waals surface area (Å²) < 4.78 is 41.2. The maximum absolute atomic E-state index is 13.2. The van der Waals surface area contributed by atoms with E-state index in [0.29, 0.717) is 17.4 Å². The van der Waals surface area contributed by atoms with E-state index >= 15 is 0 Å². The zero-order chi connectivity index (χ0) is 20.6. The van der Waals surface area contributed by atoms with Crippen LogP contribution < -0.4 is 9.46 Å². The topological polar surface area (TPSA) is 99.2 Å². The molecule has 150 valence electrons. The maximum atomic E-state index is 13.2. The molecule has 0 atom stereocenters. The first kappa shape index (κ1) is 19.0. The first-order chi connectivity index (χ1) is 13.9. The summed E-state index contributed by atoms with van der Waals surface area (Å²) in [7, 11) is -0.712. The number of benzene rings is 2. The number of nitrogens with one attached hydrogen (secondary N) is 1. The summed E-state index contributed by atoms with van der Waals surface area (Å²) in [4.78, 5) is 0.0503. The van der Waals surface area contributed by atoms with Gasteiger partial charge in [-0.3, -0.25) is 9.40 Å². The normalized spacial score (nSPS) is 11.7. The van der Waals surface area contributed by atoms with Crippen molar-refractivity contribution in [1.82, 2.24) is 14.9 Å². The van der Waals surface area contributed by atoms with E-state index in [-0.39, 0.29) is 16.5 Å². The van der Waals surface area contributed by atoms with Gasteiger partial charge in [-0.15, -0.1) is 0 Å². The zero-order valence-corrected chi connectivity index (χ0v) is 17.0. The van der Waals surface area contributed by atoms with E-state index in [2.05, 4.69) is 15.0 Å². The highest BCUT2D eigenvalue weighted by atomic mass is 32.2. The van der Waals surface area contributed by atoms with Crippen LogP contribution in [0.25, 0.3) is 22.1 Å². The van der Waals surface area contributed by atoms with Gasteiger partial charge < -0.3 is 9.26 Å². The van der Waals surface area contributed by atoms with Crippen LogP contribution in [0.4, 0.5) is 5.82 Å². The van der Waals surface area contributed by atoms with Gasteiger partial charge in [0.1, 0.15) is 10.6 Å². The van der Waals surface area contributed by atoms with Gasteiger partial charge in [-0.1, -0.05) is 30.3 Å². The van der Waals surface area contributed by atoms with E-state index in [1.165, 1.54) is 7.11 Å². The molecule has 0 radical (unpaired) electrons. The molecule has 4 aromatic rings. The molecule has 0 aliphatic carbocycles. The van der Waals surface area contributed by atoms with E-state index < -0.39 is 10.0 Å². The molecule has 0 amide bonds. The number of methoxy groups -OCH3 is 1. The average molecular weight is 412 g/mol. The van der Waals surface area contributed by atoms with Gasteiger partial charge in [0, 0.05) is 18.8 Å². The summed E-state index contributed by atoms with van der Waals surface area (Å²) in [6.07, 6.45) is 4.24. The van der Waals surface area contributed by atoms with Gasteiger partial charge in [0.25, 0.3) is 10.0 Å². The Hall–Kier alpha value is -3.33. The summed E-state index contributed by atoms with van der Waals surface area (Å²) >= 11 is 0. The molecule has 1 N–H and O–H groups in total. The first-order valence-electron chi connectivity index (χ1n) is 9.00. The predicted octanol–water partition coefficient (Wildman–Crippen LogP) is 3.60. The molecule has 0 aliphatic heterocycles. The highest BCUT2D eigenvalue weighted by molar-refractivity contribution is 7.92. The van der Waals surface area contributed by atoms with Crippen molar-refractivity contribution in [3.63, 3.8) is 0 Å². The van der Waals surface area contributed by atoms with Gasteiger partial charge >= 0.3 is 0 Å². The third kappa shape index (κ3) is 3.44. The highest BCUT2D eigenvalue weighted by Crippen LogP contribution is 2.35. The van der Waals surface area contributed by atoms with E-state index in [1.807, 2.05) is 38.4 Å². The Labute approximate surface area is 168 Å². The fraction of sp³-hybridized carbons (Fsp3) is 0.200. The molecule has 0 fully saturated rings. The summed E-state index contributed by atoms with van der Waals surface area (Å²) in [5, 5.41) is 8.72. The molecule has 9 heteroatoms. The molecule has 8 nitrogen and oxygen atoms in total. The minimum atomic E-state index is -3.96. The number of aryl methyl sites for hydroxylation is 2. The lowest BCUT2D eigenvalue weighted by atomic mass is 10.1. The molecule has 0 bridgehead atoms. The van der Waals surface area contributed by atoms with Crippen LogP contribution in [-0.2, 0) is 23.5 Å². The van der Waals surface area contributed by atoms with Gasteiger partial charge in [0.2, 0.25) is 0 Å². The van der Waals surface area contributed by atoms with E-state index in [1.54, 1.807) is 29.1 Å². The summed E-state index contributed by atoms with van der Waals surface area (Å²) in [5.74, 6) is 0.374. The predicted molar refractivity (Wildman–Crippen MR) is 109 cm³/mol. The Kier molecular flexibility index (Phi) is 4.75. The van der Waals surface area contributed by atoms with Gasteiger partial charge in [-0.2, -0.15) is 5.10 Å². The summed E-state index contributed by atoms with van der Waals surface area (Å²) in [5.41, 5.74) is 2.95. The second-order valence-corrected chi connectivity index (χ2v) is 8.21. The lowest BCUT2D eigenvalue weighted by molar-refractivity contribution is 0.402. The van der Waals surface area contributed by atoms with Crippen LogP contribution >= 0.6 is 0 Å². The van der Waals surface area contributed by atoms with E-state index in [4.69, 9.17) is 9.26 Å². The Balaban J connectivity index is 1.83. The van der Waals surface area contributed by atoms with Crippen LogP contribution in [0.1, 0.15) is 12.5 Å². The molecule has 0 saturated carbocycles. The molecule has 29 heavy (non-hydrogen) atoms. The second kappa shape index (κ2) is 7.25. The molecule has 2 heterocycles. The minimum absolute atomic E-state index is 0.0503. The molecule has 2 aromatic heterocycles. The fourth-order valence-corrected chi connectivity index (χ4v) is 4.42. The third-order valence-electron chi connectivity index (χ3n) is 4.67. The maximum Gasteiger partial charge on any atom is 0.266 e. The van der Waals surface area contributed by atoms with Crippen LogP contribution in [-0.4, -0.2) is 30.5 Å². The van der Waals surface area contributed by atoms with Crippen molar-refractivity contribution in [2.24, 2.45) is 7.05 Å². The number of fused-ring (bicyclic) bond motifs is 1. The van der Waals surface area contributed by atoms with E-state index in [0.717, 1.165) is 16.7 Å². The molecular weight excluding hydrogens is 392 g/mol. The van der Waals surface area contributed by atoms with Gasteiger partial charge in [-0.25, -0.2) is 8.42 Å². The van der Waals surface area contributed by atoms with Crippen molar-refractivity contribution in [3.8, 4) is 16.9 Å². The van der Waals surface area contributed by atoms with Crippen molar-refractivity contribution in [2.75, 3.05) is 11.8 Å². The SMILES string of the molecule is CCc1ccc(OC)c(S(=O)(=O)Nc2noc3cccc(-c4cnn(C)c4)c23)c1. The minimum Gasteiger partial charge on any atom is -0.495 e. The smallest absolute Gasteiger partial charge is 0.266 e. The fourth-order valence-electron chi connectivity index (χ4n) is 3.20. The van der Waals surface area contributed by atoms with Crippen molar-refractivity contribution in [2.45, 2.75) is 18.2 Å². The Bertz CT molecular complexity index is 1290. The molecule has 0 aliphatic rings. The van der Waals surface area contributed by atoms with Crippen molar-refractivity contribution < 1.29 is 17.7 Å². The third-order valence-corrected chi connectivity index (χ3v) is 6.03. The van der Waals surface area contributed by atoms with Crippen LogP contribution in [0, 0.1) is 0 Å². The van der Waals surface area contributed by atoms with Gasteiger partial charge in [0.05, 0.1) is 18.7 Å². The van der Waals surface area contributed by atoms with Crippen LogP contribution in [0.15, 0.2) is 58.2 Å². The Morgan fingerprint density at radius 3 is 2.76 bits per heavy atom. The number of sulfonamides is 1. The summed E-state index contributed by atoms with van der Waals surface area (Å²) in [6, 6.07) is 10.5. The molecule has 0 spiro atoms. The number of hydrogen-bond acceptors (Lipinski definition) is 6. The number of aromatic nitrogens is 3. The van der Waals surface area contributed by atoms with Crippen molar-refractivity contribution in [3.05, 3.63) is 54.4 Å². The van der Waals surface area contributed by atoms with Crippen LogP contribution in [0.5, 0.6) is 5.75 Å². The molecule has 0 saturated heterocycles. The number of ether oxygens (including phenoxy) is 1. The van der Waals surface area contributed by atoms with Crippen LogP contribution in [0.3, 0.4) is 0 Å². The van der Waals surface area contributed by atoms with Crippen molar-refractivity contribution >= 4 is 26.8 Å². The Morgan fingerprint density at radius 1 is 1.24 bits per heavy atom. The van der Waals surface area contributed by atoms with Gasteiger partial charge in [-0.05, 0) is 35.7 Å². The molecule has 2 aromatic carbocycles. The quantitative estimate of drug-likeness (QED) is 0.519. The number of hydrogen-bond donors (Lipinski definition) is 1. The second-order valence-electron chi connectivity index (χ2n) is 6.56. The molecule has 0 unspecified atom stereocenters. The van der Waals surface area contributed by atoms with Gasteiger partial charge in [0.15, 0.2) is 11.4 Å². The first-order valence-corrected chi connectivity index (χ1v) is 10.5. The van der Waals surface area contributed by atoms with E-state index in [9.17, 15) is 8.42 Å². The largest absolute Gasteiger partial charge is 0.495 e. The lowest BCUT2D eigenvalue weighted by Crippen LogP contribution is -2.15. The lowest BCUT2D eigenvalue weighted by Gasteiger charge is -2.12. The Morgan fingerprint density at radius 2 is 2.07 bits per heavy atom. The number of rotatable bonds is 6. The number of anilines is 1. The van der Waals surface area contributed by atoms with Crippen molar-refractivity contribution in [1.29, 1.82) is 0 Å². The average Bonchev–Trinajstić information content (AvgIpc) is 3.33. The summed E-state index contributed by atoms with van der Waals surface area (Å²) in [6.45, 7) is 1.96.